The average molecular weight is 222 g/mol. The molecule has 0 aliphatic carbocycles. The minimum atomic E-state index is 0.0776. The van der Waals surface area contributed by atoms with Gasteiger partial charge >= 0.3 is 0 Å². The van der Waals surface area contributed by atoms with Crippen LogP contribution in [0.25, 0.3) is 0 Å². The third kappa shape index (κ3) is 2.62. The lowest BCUT2D eigenvalue weighted by Crippen LogP contribution is -2.32. The van der Waals surface area contributed by atoms with Gasteiger partial charge in [0.2, 0.25) is 0 Å². The Bertz CT molecular complexity index is 324. The third-order valence-electron chi connectivity index (χ3n) is 3.50. The molecule has 2 heterocycles. The fourth-order valence-corrected chi connectivity index (χ4v) is 2.39. The van der Waals surface area contributed by atoms with Gasteiger partial charge in [-0.3, -0.25) is 0 Å². The van der Waals surface area contributed by atoms with Crippen molar-refractivity contribution in [1.29, 1.82) is 0 Å². The highest BCUT2D eigenvalue weighted by Crippen LogP contribution is 2.20. The van der Waals surface area contributed by atoms with Crippen LogP contribution in [-0.2, 0) is 6.54 Å². The number of imidazole rings is 1. The summed E-state index contributed by atoms with van der Waals surface area (Å²) in [5.74, 6) is 0.780. The van der Waals surface area contributed by atoms with Crippen molar-refractivity contribution in [1.82, 2.24) is 14.5 Å². The van der Waals surface area contributed by atoms with E-state index in [4.69, 9.17) is 5.73 Å². The molecule has 1 aliphatic heterocycles. The van der Waals surface area contributed by atoms with E-state index in [9.17, 15) is 0 Å². The minimum absolute atomic E-state index is 0.0776. The molecule has 4 heteroatoms. The van der Waals surface area contributed by atoms with Crippen LogP contribution in [0.5, 0.6) is 0 Å². The van der Waals surface area contributed by atoms with Crippen molar-refractivity contribution < 1.29 is 0 Å². The van der Waals surface area contributed by atoms with Crippen LogP contribution in [0, 0.1) is 5.92 Å². The van der Waals surface area contributed by atoms with Crippen LogP contribution in [0.1, 0.15) is 31.5 Å². The molecule has 0 amide bonds. The molecule has 1 fully saturated rings. The number of hydrogen-bond donors (Lipinski definition) is 1. The molecule has 0 radical (unpaired) electrons. The molecule has 16 heavy (non-hydrogen) atoms. The maximum Gasteiger partial charge on any atom is 0.0948 e. The largest absolute Gasteiger partial charge is 0.333 e. The lowest BCUT2D eigenvalue weighted by Gasteiger charge is -2.29. The van der Waals surface area contributed by atoms with E-state index in [0.29, 0.717) is 0 Å². The summed E-state index contributed by atoms with van der Waals surface area (Å²) in [5.41, 5.74) is 7.07. The summed E-state index contributed by atoms with van der Waals surface area (Å²) < 4.78 is 2.22. The highest BCUT2D eigenvalue weighted by molar-refractivity contribution is 5.03. The fourth-order valence-electron chi connectivity index (χ4n) is 2.39. The normalized spacial score (nSPS) is 21.2. The number of hydrogen-bond acceptors (Lipinski definition) is 3. The van der Waals surface area contributed by atoms with Gasteiger partial charge in [-0.05, 0) is 45.8 Å². The summed E-state index contributed by atoms with van der Waals surface area (Å²) in [6.45, 7) is 5.52. The molecule has 4 nitrogen and oxygen atoms in total. The number of piperidine rings is 1. The van der Waals surface area contributed by atoms with Gasteiger partial charge < -0.3 is 15.2 Å². The lowest BCUT2D eigenvalue weighted by molar-refractivity contribution is 0.204. The smallest absolute Gasteiger partial charge is 0.0948 e. The van der Waals surface area contributed by atoms with Gasteiger partial charge in [-0.2, -0.15) is 0 Å². The molecule has 1 atom stereocenters. The standard InChI is InChI=1S/C12H22N4/c1-10(13)12-7-14-9-16(12)8-11-3-5-15(2)6-4-11/h7,9-11H,3-6,8,13H2,1-2H3. The molecule has 2 N–H and O–H groups in total. The van der Waals surface area contributed by atoms with Crippen molar-refractivity contribution >= 4 is 0 Å². The molecule has 2 rings (SSSR count). The maximum absolute atomic E-state index is 5.92. The Balaban J connectivity index is 1.96. The van der Waals surface area contributed by atoms with Crippen LogP contribution < -0.4 is 5.73 Å². The second kappa shape index (κ2) is 4.97. The van der Waals surface area contributed by atoms with Crippen LogP contribution in [-0.4, -0.2) is 34.6 Å². The first kappa shape index (κ1) is 11.6. The van der Waals surface area contributed by atoms with E-state index in [1.165, 1.54) is 25.9 Å². The quantitative estimate of drug-likeness (QED) is 0.837. The fraction of sp³-hybridized carbons (Fsp3) is 0.750. The van der Waals surface area contributed by atoms with Gasteiger partial charge in [0.25, 0.3) is 0 Å². The molecule has 0 spiro atoms. The molecule has 1 aromatic heterocycles. The van der Waals surface area contributed by atoms with Gasteiger partial charge in [0.05, 0.1) is 12.0 Å². The summed E-state index contributed by atoms with van der Waals surface area (Å²) in [4.78, 5) is 6.60. The Morgan fingerprint density at radius 2 is 2.19 bits per heavy atom. The number of rotatable bonds is 3. The van der Waals surface area contributed by atoms with Crippen LogP contribution in [0.2, 0.25) is 0 Å². The van der Waals surface area contributed by atoms with Gasteiger partial charge in [0.1, 0.15) is 0 Å². The summed E-state index contributed by atoms with van der Waals surface area (Å²) in [6, 6.07) is 0.0776. The first-order chi connectivity index (χ1) is 7.66. The number of nitrogens with two attached hydrogens (primary N) is 1. The predicted octanol–water partition coefficient (Wildman–Crippen LogP) is 1.24. The monoisotopic (exact) mass is 222 g/mol. The average Bonchev–Trinajstić information content (AvgIpc) is 2.69. The van der Waals surface area contributed by atoms with Crippen molar-refractivity contribution in [3.63, 3.8) is 0 Å². The van der Waals surface area contributed by atoms with Crippen LogP contribution in [0.3, 0.4) is 0 Å². The van der Waals surface area contributed by atoms with Gasteiger partial charge in [-0.25, -0.2) is 4.98 Å². The second-order valence-corrected chi connectivity index (χ2v) is 5.01. The SMILES string of the molecule is CC(N)c1cncn1CC1CCN(C)CC1. The Labute approximate surface area is 97.4 Å². The summed E-state index contributed by atoms with van der Waals surface area (Å²) >= 11 is 0. The van der Waals surface area contributed by atoms with E-state index in [1.54, 1.807) is 0 Å². The number of likely N-dealkylation sites (tertiary alicyclic amines) is 1. The predicted molar refractivity (Wildman–Crippen MR) is 65.1 cm³/mol. The minimum Gasteiger partial charge on any atom is -0.333 e. The van der Waals surface area contributed by atoms with Gasteiger partial charge in [-0.15, -0.1) is 0 Å². The van der Waals surface area contributed by atoms with E-state index < -0.39 is 0 Å². The molecule has 0 saturated carbocycles. The van der Waals surface area contributed by atoms with Crippen molar-refractivity contribution in [2.45, 2.75) is 32.4 Å². The zero-order valence-corrected chi connectivity index (χ0v) is 10.3. The zero-order chi connectivity index (χ0) is 11.5. The molecule has 0 bridgehead atoms. The number of nitrogens with zero attached hydrogens (tertiary/aromatic N) is 3. The summed E-state index contributed by atoms with van der Waals surface area (Å²) in [7, 11) is 2.20. The highest BCUT2D eigenvalue weighted by atomic mass is 15.1. The zero-order valence-electron chi connectivity index (χ0n) is 10.3. The highest BCUT2D eigenvalue weighted by Gasteiger charge is 2.18. The third-order valence-corrected chi connectivity index (χ3v) is 3.50. The molecule has 90 valence electrons. The van der Waals surface area contributed by atoms with Crippen molar-refractivity contribution in [3.8, 4) is 0 Å². The number of aromatic nitrogens is 2. The molecule has 1 saturated heterocycles. The molecule has 0 aromatic carbocycles. The van der Waals surface area contributed by atoms with Gasteiger partial charge in [0, 0.05) is 18.8 Å². The topological polar surface area (TPSA) is 47.1 Å². The Morgan fingerprint density at radius 1 is 1.50 bits per heavy atom. The van der Waals surface area contributed by atoms with E-state index in [2.05, 4.69) is 21.5 Å². The van der Waals surface area contributed by atoms with Crippen molar-refractivity contribution in [3.05, 3.63) is 18.2 Å². The summed E-state index contributed by atoms with van der Waals surface area (Å²) in [5, 5.41) is 0. The van der Waals surface area contributed by atoms with Crippen LogP contribution >= 0.6 is 0 Å². The van der Waals surface area contributed by atoms with E-state index in [1.807, 2.05) is 19.4 Å². The van der Waals surface area contributed by atoms with Gasteiger partial charge in [0.15, 0.2) is 0 Å². The van der Waals surface area contributed by atoms with E-state index in [-0.39, 0.29) is 6.04 Å². The Hall–Kier alpha value is -0.870. The molecular formula is C12H22N4. The van der Waals surface area contributed by atoms with Crippen molar-refractivity contribution in [2.24, 2.45) is 11.7 Å². The summed E-state index contributed by atoms with van der Waals surface area (Å²) in [6.07, 6.45) is 6.37. The Kier molecular flexibility index (Phi) is 3.61. The lowest BCUT2D eigenvalue weighted by atomic mass is 9.97. The van der Waals surface area contributed by atoms with Crippen LogP contribution in [0.15, 0.2) is 12.5 Å². The molecule has 1 aromatic rings. The van der Waals surface area contributed by atoms with E-state index >= 15 is 0 Å². The molecule has 1 unspecified atom stereocenters. The van der Waals surface area contributed by atoms with Gasteiger partial charge in [-0.1, -0.05) is 0 Å². The maximum atomic E-state index is 5.92. The first-order valence-corrected chi connectivity index (χ1v) is 6.11. The molecule has 1 aliphatic rings. The van der Waals surface area contributed by atoms with Crippen molar-refractivity contribution in [2.75, 3.05) is 20.1 Å². The van der Waals surface area contributed by atoms with Crippen LogP contribution in [0.4, 0.5) is 0 Å². The second-order valence-electron chi connectivity index (χ2n) is 5.01. The first-order valence-electron chi connectivity index (χ1n) is 6.11. The molecular weight excluding hydrogens is 200 g/mol. The Morgan fingerprint density at radius 3 is 2.81 bits per heavy atom. The van der Waals surface area contributed by atoms with E-state index in [0.717, 1.165) is 18.2 Å².